The van der Waals surface area contributed by atoms with E-state index in [2.05, 4.69) is 5.32 Å². The first-order chi connectivity index (χ1) is 9.08. The Morgan fingerprint density at radius 3 is 2.68 bits per heavy atom. The molecule has 5 nitrogen and oxygen atoms in total. The van der Waals surface area contributed by atoms with Crippen LogP contribution >= 0.6 is 0 Å². The number of aromatic carboxylic acids is 1. The molecule has 104 valence electrons. The van der Waals surface area contributed by atoms with Crippen molar-refractivity contribution in [3.8, 4) is 5.75 Å². The zero-order valence-corrected chi connectivity index (χ0v) is 11.2. The lowest BCUT2D eigenvalue weighted by molar-refractivity contribution is -0.121. The number of hydrogen-bond donors (Lipinski definition) is 2. The molecule has 0 fully saturated rings. The first-order valence-electron chi connectivity index (χ1n) is 6.25. The zero-order chi connectivity index (χ0) is 14.3. The van der Waals surface area contributed by atoms with Crippen molar-refractivity contribution in [3.63, 3.8) is 0 Å². The number of hydrogen-bond acceptors (Lipinski definition) is 3. The van der Waals surface area contributed by atoms with Gasteiger partial charge >= 0.3 is 5.97 Å². The number of amides is 1. The fourth-order valence-electron chi connectivity index (χ4n) is 1.74. The number of rotatable bonds is 7. The van der Waals surface area contributed by atoms with Crippen LogP contribution in [0.2, 0.25) is 0 Å². The third-order valence-electron chi connectivity index (χ3n) is 2.73. The van der Waals surface area contributed by atoms with Crippen molar-refractivity contribution in [2.45, 2.75) is 26.2 Å². The highest BCUT2D eigenvalue weighted by Gasteiger charge is 2.09. The van der Waals surface area contributed by atoms with Crippen LogP contribution in [0.3, 0.4) is 0 Å². The molecule has 5 heteroatoms. The number of carboxylic acids is 1. The van der Waals surface area contributed by atoms with Gasteiger partial charge in [-0.2, -0.15) is 0 Å². The molecule has 0 saturated carbocycles. The van der Waals surface area contributed by atoms with E-state index in [1.807, 2.05) is 6.92 Å². The average molecular weight is 265 g/mol. The number of methoxy groups -OCH3 is 1. The van der Waals surface area contributed by atoms with Crippen LogP contribution in [-0.4, -0.2) is 30.6 Å². The van der Waals surface area contributed by atoms with Crippen LogP contribution in [-0.2, 0) is 11.2 Å². The first kappa shape index (κ1) is 15.0. The van der Waals surface area contributed by atoms with Gasteiger partial charge in [-0.05, 0) is 30.5 Å². The molecule has 0 bridgehead atoms. The van der Waals surface area contributed by atoms with Crippen LogP contribution in [0.4, 0.5) is 0 Å². The lowest BCUT2D eigenvalue weighted by Gasteiger charge is -2.10. The van der Waals surface area contributed by atoms with Crippen molar-refractivity contribution in [1.29, 1.82) is 0 Å². The van der Waals surface area contributed by atoms with Gasteiger partial charge in [0.2, 0.25) is 5.91 Å². The van der Waals surface area contributed by atoms with E-state index in [0.717, 1.165) is 12.0 Å². The van der Waals surface area contributed by atoms with Crippen molar-refractivity contribution in [1.82, 2.24) is 5.32 Å². The molecule has 0 saturated heterocycles. The molecule has 2 N–H and O–H groups in total. The van der Waals surface area contributed by atoms with Gasteiger partial charge in [0.25, 0.3) is 0 Å². The summed E-state index contributed by atoms with van der Waals surface area (Å²) in [5, 5.41) is 11.7. The second kappa shape index (κ2) is 7.41. The van der Waals surface area contributed by atoms with Gasteiger partial charge in [0.05, 0.1) is 12.7 Å². The Morgan fingerprint density at radius 2 is 2.11 bits per heavy atom. The molecule has 0 radical (unpaired) electrons. The lowest BCUT2D eigenvalue weighted by Crippen LogP contribution is -2.25. The molecule has 0 aliphatic rings. The number of carboxylic acid groups (broad SMARTS) is 1. The van der Waals surface area contributed by atoms with Crippen LogP contribution in [0.15, 0.2) is 18.2 Å². The maximum atomic E-state index is 11.3. The van der Waals surface area contributed by atoms with E-state index in [4.69, 9.17) is 9.84 Å². The van der Waals surface area contributed by atoms with Crippen molar-refractivity contribution in [2.75, 3.05) is 13.7 Å². The third kappa shape index (κ3) is 4.62. The van der Waals surface area contributed by atoms with E-state index in [0.29, 0.717) is 25.1 Å². The first-order valence-corrected chi connectivity index (χ1v) is 6.25. The molecule has 0 unspecified atom stereocenters. The Balaban J connectivity index is 2.63. The summed E-state index contributed by atoms with van der Waals surface area (Å²) in [5.74, 6) is -0.422. The summed E-state index contributed by atoms with van der Waals surface area (Å²) in [6.45, 7) is 2.47. The smallest absolute Gasteiger partial charge is 0.335 e. The second-order valence-corrected chi connectivity index (χ2v) is 4.18. The number of nitrogens with one attached hydrogen (secondary N) is 1. The van der Waals surface area contributed by atoms with Crippen LogP contribution < -0.4 is 10.1 Å². The normalized spacial score (nSPS) is 10.0. The Bertz CT molecular complexity index is 457. The molecule has 1 rings (SSSR count). The summed E-state index contributed by atoms with van der Waals surface area (Å²) in [4.78, 5) is 22.2. The predicted molar refractivity (Wildman–Crippen MR) is 71.6 cm³/mol. The van der Waals surface area contributed by atoms with Crippen molar-refractivity contribution < 1.29 is 19.4 Å². The molecule has 0 aliphatic carbocycles. The standard InChI is InChI=1S/C14H19NO4/c1-3-4-13(16)15-8-7-10-5-6-11(14(17)18)9-12(10)19-2/h5-6,9H,3-4,7-8H2,1-2H3,(H,15,16)(H,17,18). The summed E-state index contributed by atoms with van der Waals surface area (Å²) in [5.41, 5.74) is 1.07. The molecule has 1 amide bonds. The second-order valence-electron chi connectivity index (χ2n) is 4.18. The Kier molecular flexibility index (Phi) is 5.85. The van der Waals surface area contributed by atoms with Gasteiger partial charge < -0.3 is 15.2 Å². The molecule has 0 aromatic heterocycles. The molecule has 19 heavy (non-hydrogen) atoms. The topological polar surface area (TPSA) is 75.6 Å². The van der Waals surface area contributed by atoms with Gasteiger partial charge in [0, 0.05) is 13.0 Å². The number of ether oxygens (including phenoxy) is 1. The molecule has 1 aromatic carbocycles. The molecular formula is C14H19NO4. The lowest BCUT2D eigenvalue weighted by atomic mass is 10.1. The largest absolute Gasteiger partial charge is 0.496 e. The highest BCUT2D eigenvalue weighted by atomic mass is 16.5. The molecule has 0 heterocycles. The predicted octanol–water partition coefficient (Wildman–Crippen LogP) is 1.85. The monoisotopic (exact) mass is 265 g/mol. The Hall–Kier alpha value is -2.04. The van der Waals surface area contributed by atoms with E-state index in [1.165, 1.54) is 19.2 Å². The summed E-state index contributed by atoms with van der Waals surface area (Å²) in [6.07, 6.45) is 1.95. The van der Waals surface area contributed by atoms with Gasteiger partial charge in [-0.25, -0.2) is 4.79 Å². The van der Waals surface area contributed by atoms with E-state index in [1.54, 1.807) is 6.07 Å². The van der Waals surface area contributed by atoms with Gasteiger partial charge in [0.15, 0.2) is 0 Å². The zero-order valence-electron chi connectivity index (χ0n) is 11.2. The summed E-state index contributed by atoms with van der Waals surface area (Å²) < 4.78 is 5.17. The van der Waals surface area contributed by atoms with Crippen molar-refractivity contribution in [3.05, 3.63) is 29.3 Å². The highest BCUT2D eigenvalue weighted by molar-refractivity contribution is 5.88. The number of carbonyl (C=O) groups is 2. The van der Waals surface area contributed by atoms with Crippen LogP contribution in [0, 0.1) is 0 Å². The fourth-order valence-corrected chi connectivity index (χ4v) is 1.74. The SMILES string of the molecule is CCCC(=O)NCCc1ccc(C(=O)O)cc1OC. The average Bonchev–Trinajstić information content (AvgIpc) is 2.39. The van der Waals surface area contributed by atoms with E-state index in [-0.39, 0.29) is 11.5 Å². The van der Waals surface area contributed by atoms with Gasteiger partial charge in [-0.3, -0.25) is 4.79 Å². The van der Waals surface area contributed by atoms with E-state index < -0.39 is 5.97 Å². The minimum atomic E-state index is -0.985. The minimum Gasteiger partial charge on any atom is -0.496 e. The van der Waals surface area contributed by atoms with Crippen LogP contribution in [0.1, 0.15) is 35.7 Å². The van der Waals surface area contributed by atoms with Gasteiger partial charge in [-0.15, -0.1) is 0 Å². The fraction of sp³-hybridized carbons (Fsp3) is 0.429. The highest BCUT2D eigenvalue weighted by Crippen LogP contribution is 2.20. The van der Waals surface area contributed by atoms with Crippen LogP contribution in [0.25, 0.3) is 0 Å². The molecule has 1 aromatic rings. The summed E-state index contributed by atoms with van der Waals surface area (Å²) in [6, 6.07) is 4.74. The maximum absolute atomic E-state index is 11.3. The van der Waals surface area contributed by atoms with Crippen molar-refractivity contribution in [2.24, 2.45) is 0 Å². The molecule has 0 spiro atoms. The van der Waals surface area contributed by atoms with Gasteiger partial charge in [-0.1, -0.05) is 13.0 Å². The Morgan fingerprint density at radius 1 is 1.37 bits per heavy atom. The van der Waals surface area contributed by atoms with E-state index in [9.17, 15) is 9.59 Å². The van der Waals surface area contributed by atoms with Gasteiger partial charge in [0.1, 0.15) is 5.75 Å². The molecule has 0 atom stereocenters. The summed E-state index contributed by atoms with van der Waals surface area (Å²) >= 11 is 0. The number of carbonyl (C=O) groups excluding carboxylic acids is 1. The third-order valence-corrected chi connectivity index (χ3v) is 2.73. The molecular weight excluding hydrogens is 246 g/mol. The van der Waals surface area contributed by atoms with E-state index >= 15 is 0 Å². The quantitative estimate of drug-likeness (QED) is 0.789. The van der Waals surface area contributed by atoms with Crippen molar-refractivity contribution >= 4 is 11.9 Å². The maximum Gasteiger partial charge on any atom is 0.335 e. The summed E-state index contributed by atoms with van der Waals surface area (Å²) in [7, 11) is 1.50. The Labute approximate surface area is 112 Å². The van der Waals surface area contributed by atoms with Crippen LogP contribution in [0.5, 0.6) is 5.75 Å². The minimum absolute atomic E-state index is 0.0311. The molecule has 0 aliphatic heterocycles. The number of benzene rings is 1.